The summed E-state index contributed by atoms with van der Waals surface area (Å²) in [4.78, 5) is 35.1. The van der Waals surface area contributed by atoms with Gasteiger partial charge in [-0.2, -0.15) is 5.10 Å². The molecule has 1 rings (SSSR count). The number of aromatic nitrogens is 2. The first kappa shape index (κ1) is 17.9. The van der Waals surface area contributed by atoms with Crippen LogP contribution in [0.3, 0.4) is 0 Å². The molecule has 7 heteroatoms. The third-order valence-electron chi connectivity index (χ3n) is 2.65. The number of esters is 1. The molecule has 1 amide bonds. The van der Waals surface area contributed by atoms with Gasteiger partial charge >= 0.3 is 5.97 Å². The Balaban J connectivity index is 2.66. The average Bonchev–Trinajstić information content (AvgIpc) is 2.42. The fraction of sp³-hybridized carbons (Fsp3) is 0.600. The molecule has 7 nitrogen and oxygen atoms in total. The molecule has 0 saturated carbocycles. The van der Waals surface area contributed by atoms with Gasteiger partial charge in [0.15, 0.2) is 12.3 Å². The highest BCUT2D eigenvalue weighted by Gasteiger charge is 2.17. The van der Waals surface area contributed by atoms with Crippen LogP contribution in [-0.2, 0) is 16.1 Å². The second-order valence-corrected chi connectivity index (χ2v) is 6.01. The number of hydrogen-bond donors (Lipinski definition) is 1. The standard InChI is InChI=1S/C15H23N3O4/c1-5-6-9-18-13(20)8-7-11(17-18)14(21)22-10-12(19)16-15(2,3)4/h7-8H,5-6,9-10H2,1-4H3,(H,16,19). The van der Waals surface area contributed by atoms with E-state index in [2.05, 4.69) is 10.4 Å². The first-order valence-electron chi connectivity index (χ1n) is 7.29. The van der Waals surface area contributed by atoms with Crippen LogP contribution in [0.1, 0.15) is 51.0 Å². The van der Waals surface area contributed by atoms with Crippen LogP contribution < -0.4 is 10.9 Å². The number of aryl methyl sites for hydroxylation is 1. The summed E-state index contributed by atoms with van der Waals surface area (Å²) in [6.07, 6.45) is 1.70. The molecule has 0 bridgehead atoms. The summed E-state index contributed by atoms with van der Waals surface area (Å²) in [5.41, 5.74) is -0.649. The lowest BCUT2D eigenvalue weighted by molar-refractivity contribution is -0.125. The molecule has 0 atom stereocenters. The predicted molar refractivity (Wildman–Crippen MR) is 81.6 cm³/mol. The molecule has 0 aliphatic heterocycles. The number of rotatable bonds is 6. The van der Waals surface area contributed by atoms with Gasteiger partial charge in [0.25, 0.3) is 11.5 Å². The third-order valence-corrected chi connectivity index (χ3v) is 2.65. The fourth-order valence-electron chi connectivity index (χ4n) is 1.69. The van der Waals surface area contributed by atoms with Crippen LogP contribution in [0.25, 0.3) is 0 Å². The quantitative estimate of drug-likeness (QED) is 0.795. The van der Waals surface area contributed by atoms with Crippen molar-refractivity contribution in [1.29, 1.82) is 0 Å². The largest absolute Gasteiger partial charge is 0.451 e. The van der Waals surface area contributed by atoms with Gasteiger partial charge in [0.2, 0.25) is 0 Å². The summed E-state index contributed by atoms with van der Waals surface area (Å²) in [5.74, 6) is -1.12. The lowest BCUT2D eigenvalue weighted by Crippen LogP contribution is -2.42. The number of hydrogen-bond acceptors (Lipinski definition) is 5. The van der Waals surface area contributed by atoms with Gasteiger partial charge in [-0.05, 0) is 33.3 Å². The zero-order chi connectivity index (χ0) is 16.8. The van der Waals surface area contributed by atoms with Gasteiger partial charge in [0.05, 0.1) is 0 Å². The van der Waals surface area contributed by atoms with Crippen molar-refractivity contribution in [3.05, 3.63) is 28.2 Å². The van der Waals surface area contributed by atoms with Crippen molar-refractivity contribution < 1.29 is 14.3 Å². The Morgan fingerprint density at radius 2 is 2.00 bits per heavy atom. The van der Waals surface area contributed by atoms with Crippen molar-refractivity contribution in [2.24, 2.45) is 0 Å². The van der Waals surface area contributed by atoms with Crippen molar-refractivity contribution in [3.63, 3.8) is 0 Å². The summed E-state index contributed by atoms with van der Waals surface area (Å²) >= 11 is 0. The lowest BCUT2D eigenvalue weighted by Gasteiger charge is -2.20. The number of amides is 1. The second kappa shape index (κ2) is 7.72. The van der Waals surface area contributed by atoms with Crippen molar-refractivity contribution in [2.75, 3.05) is 6.61 Å². The zero-order valence-corrected chi connectivity index (χ0v) is 13.5. The van der Waals surface area contributed by atoms with Gasteiger partial charge in [-0.3, -0.25) is 9.59 Å². The van der Waals surface area contributed by atoms with Crippen LogP contribution >= 0.6 is 0 Å². The number of nitrogens with one attached hydrogen (secondary N) is 1. The SMILES string of the molecule is CCCCn1nc(C(=O)OCC(=O)NC(C)(C)C)ccc1=O. The van der Waals surface area contributed by atoms with Crippen molar-refractivity contribution in [2.45, 2.75) is 52.6 Å². The fourth-order valence-corrected chi connectivity index (χ4v) is 1.69. The van der Waals surface area contributed by atoms with Crippen LogP contribution in [0.5, 0.6) is 0 Å². The van der Waals surface area contributed by atoms with Crippen LogP contribution in [0.15, 0.2) is 16.9 Å². The first-order chi connectivity index (χ1) is 10.2. The van der Waals surface area contributed by atoms with Crippen LogP contribution in [-0.4, -0.2) is 33.8 Å². The monoisotopic (exact) mass is 309 g/mol. The molecule has 122 valence electrons. The number of ether oxygens (including phenoxy) is 1. The Hall–Kier alpha value is -2.18. The zero-order valence-electron chi connectivity index (χ0n) is 13.5. The highest BCUT2D eigenvalue weighted by atomic mass is 16.5. The Morgan fingerprint density at radius 1 is 1.32 bits per heavy atom. The maximum atomic E-state index is 11.9. The number of carbonyl (C=O) groups is 2. The summed E-state index contributed by atoms with van der Waals surface area (Å²) in [6, 6.07) is 2.57. The van der Waals surface area contributed by atoms with Gasteiger partial charge in [-0.25, -0.2) is 9.48 Å². The van der Waals surface area contributed by atoms with E-state index >= 15 is 0 Å². The predicted octanol–water partition coefficient (Wildman–Crippen LogP) is 1.11. The minimum Gasteiger partial charge on any atom is -0.451 e. The average molecular weight is 309 g/mol. The van der Waals surface area contributed by atoms with E-state index < -0.39 is 11.5 Å². The summed E-state index contributed by atoms with van der Waals surface area (Å²) in [7, 11) is 0. The molecule has 1 aromatic rings. The van der Waals surface area contributed by atoms with E-state index in [9.17, 15) is 14.4 Å². The molecule has 0 aliphatic carbocycles. The van der Waals surface area contributed by atoms with Gasteiger partial charge in [-0.15, -0.1) is 0 Å². The molecule has 0 spiro atoms. The molecule has 0 unspecified atom stereocenters. The smallest absolute Gasteiger partial charge is 0.359 e. The second-order valence-electron chi connectivity index (χ2n) is 6.01. The molecule has 0 radical (unpaired) electrons. The molecular formula is C15H23N3O4. The Kier molecular flexibility index (Phi) is 6.27. The highest BCUT2D eigenvalue weighted by Crippen LogP contribution is 2.00. The summed E-state index contributed by atoms with van der Waals surface area (Å²) in [6.45, 7) is 7.55. The van der Waals surface area contributed by atoms with Crippen LogP contribution in [0.4, 0.5) is 0 Å². The number of carbonyl (C=O) groups excluding carboxylic acids is 2. The van der Waals surface area contributed by atoms with Crippen molar-refractivity contribution in [3.8, 4) is 0 Å². The molecule has 0 fully saturated rings. The minimum absolute atomic E-state index is 0.0132. The van der Waals surface area contributed by atoms with E-state index in [1.807, 2.05) is 27.7 Å². The highest BCUT2D eigenvalue weighted by molar-refractivity contribution is 5.89. The first-order valence-corrected chi connectivity index (χ1v) is 7.29. The van der Waals surface area contributed by atoms with E-state index in [0.717, 1.165) is 12.8 Å². The van der Waals surface area contributed by atoms with E-state index in [1.165, 1.54) is 16.8 Å². The van der Waals surface area contributed by atoms with E-state index in [-0.39, 0.29) is 23.8 Å². The van der Waals surface area contributed by atoms with E-state index in [1.54, 1.807) is 0 Å². The maximum Gasteiger partial charge on any atom is 0.359 e. The molecule has 1 aromatic heterocycles. The number of unbranched alkanes of at least 4 members (excludes halogenated alkanes) is 1. The van der Waals surface area contributed by atoms with Gasteiger partial charge in [0.1, 0.15) is 0 Å². The van der Waals surface area contributed by atoms with Gasteiger partial charge < -0.3 is 10.1 Å². The van der Waals surface area contributed by atoms with E-state index in [4.69, 9.17) is 4.74 Å². The Bertz CT molecular complexity index is 587. The molecule has 0 aliphatic rings. The molecular weight excluding hydrogens is 286 g/mol. The topological polar surface area (TPSA) is 90.3 Å². The normalized spacial score (nSPS) is 11.1. The third kappa shape index (κ3) is 6.07. The lowest BCUT2D eigenvalue weighted by atomic mass is 10.1. The Labute approximate surface area is 129 Å². The van der Waals surface area contributed by atoms with Crippen LogP contribution in [0.2, 0.25) is 0 Å². The van der Waals surface area contributed by atoms with Crippen LogP contribution in [0, 0.1) is 0 Å². The Morgan fingerprint density at radius 3 is 2.59 bits per heavy atom. The molecule has 1 heterocycles. The van der Waals surface area contributed by atoms with E-state index in [0.29, 0.717) is 6.54 Å². The molecule has 22 heavy (non-hydrogen) atoms. The number of nitrogens with zero attached hydrogens (tertiary/aromatic N) is 2. The van der Waals surface area contributed by atoms with Crippen molar-refractivity contribution in [1.82, 2.24) is 15.1 Å². The van der Waals surface area contributed by atoms with Crippen molar-refractivity contribution >= 4 is 11.9 Å². The minimum atomic E-state index is -0.727. The molecule has 1 N–H and O–H groups in total. The summed E-state index contributed by atoms with van der Waals surface area (Å²) < 4.78 is 6.14. The molecule has 0 aromatic carbocycles. The molecule has 0 saturated heterocycles. The van der Waals surface area contributed by atoms with Gasteiger partial charge in [0, 0.05) is 18.2 Å². The maximum absolute atomic E-state index is 11.9. The summed E-state index contributed by atoms with van der Waals surface area (Å²) in [5, 5.41) is 6.64. The van der Waals surface area contributed by atoms with Gasteiger partial charge in [-0.1, -0.05) is 13.3 Å².